The van der Waals surface area contributed by atoms with Crippen molar-refractivity contribution in [3.05, 3.63) is 53.6 Å². The summed E-state index contributed by atoms with van der Waals surface area (Å²) >= 11 is 0. The first kappa shape index (κ1) is 19.5. The summed E-state index contributed by atoms with van der Waals surface area (Å²) in [5.74, 6) is 1.87. The number of guanidine groups is 1. The molecule has 2 aliphatic heterocycles. The normalized spacial score (nSPS) is 17.6. The topological polar surface area (TPSA) is 81.3 Å². The molecule has 0 atom stereocenters. The molecule has 0 amide bonds. The maximum atomic E-state index is 6.09. The van der Waals surface area contributed by atoms with Gasteiger partial charge < -0.3 is 25.3 Å². The van der Waals surface area contributed by atoms with E-state index in [1.807, 2.05) is 18.2 Å². The van der Waals surface area contributed by atoms with Gasteiger partial charge in [0.15, 0.2) is 17.5 Å². The van der Waals surface area contributed by atoms with E-state index >= 15 is 0 Å². The molecule has 3 N–H and O–H groups in total. The molecule has 0 saturated carbocycles. The number of hydrogen-bond acceptors (Lipinski definition) is 5. The van der Waals surface area contributed by atoms with Crippen molar-refractivity contribution in [2.24, 2.45) is 10.7 Å². The highest BCUT2D eigenvalue weighted by Gasteiger charge is 2.12. The van der Waals surface area contributed by atoms with Crippen LogP contribution in [0, 0.1) is 0 Å². The van der Waals surface area contributed by atoms with E-state index < -0.39 is 0 Å². The third-order valence-corrected chi connectivity index (χ3v) is 4.95. The SMILES string of the molecule is NC(=NCc1cccc(CN2CCOCC2)c1)Nc1ccc2c(c1)OCCCO2. The third kappa shape index (κ3) is 5.62. The average molecular weight is 396 g/mol. The van der Waals surface area contributed by atoms with Crippen molar-refractivity contribution < 1.29 is 14.2 Å². The van der Waals surface area contributed by atoms with Crippen LogP contribution in [0.4, 0.5) is 5.69 Å². The van der Waals surface area contributed by atoms with Gasteiger partial charge in [-0.25, -0.2) is 4.99 Å². The number of nitrogens with zero attached hydrogens (tertiary/aromatic N) is 2. The van der Waals surface area contributed by atoms with Crippen LogP contribution in [-0.4, -0.2) is 50.4 Å². The fraction of sp³-hybridized carbons (Fsp3) is 0.409. The van der Waals surface area contributed by atoms with Gasteiger partial charge in [0.25, 0.3) is 0 Å². The Labute approximate surface area is 171 Å². The van der Waals surface area contributed by atoms with Crippen LogP contribution in [0.3, 0.4) is 0 Å². The maximum absolute atomic E-state index is 6.09. The molecule has 1 saturated heterocycles. The predicted molar refractivity (Wildman–Crippen MR) is 114 cm³/mol. The Morgan fingerprint density at radius 1 is 0.966 bits per heavy atom. The maximum Gasteiger partial charge on any atom is 0.193 e. The second-order valence-corrected chi connectivity index (χ2v) is 7.25. The van der Waals surface area contributed by atoms with Crippen molar-refractivity contribution in [1.29, 1.82) is 0 Å². The van der Waals surface area contributed by atoms with E-state index in [2.05, 4.69) is 39.5 Å². The Bertz CT molecular complexity index is 850. The summed E-state index contributed by atoms with van der Waals surface area (Å²) in [5.41, 5.74) is 9.35. The van der Waals surface area contributed by atoms with Crippen LogP contribution in [0.25, 0.3) is 0 Å². The Morgan fingerprint density at radius 2 is 1.76 bits per heavy atom. The first-order valence-corrected chi connectivity index (χ1v) is 10.1. The van der Waals surface area contributed by atoms with Crippen molar-refractivity contribution in [3.8, 4) is 11.5 Å². The lowest BCUT2D eigenvalue weighted by Crippen LogP contribution is -2.35. The van der Waals surface area contributed by atoms with Crippen LogP contribution in [0.1, 0.15) is 17.5 Å². The quantitative estimate of drug-likeness (QED) is 0.597. The van der Waals surface area contributed by atoms with Gasteiger partial charge in [0.2, 0.25) is 0 Å². The molecule has 7 nitrogen and oxygen atoms in total. The number of ether oxygens (including phenoxy) is 3. The Balaban J connectivity index is 1.35. The van der Waals surface area contributed by atoms with Gasteiger partial charge >= 0.3 is 0 Å². The Hall–Kier alpha value is -2.77. The van der Waals surface area contributed by atoms with Gasteiger partial charge in [-0.15, -0.1) is 0 Å². The second kappa shape index (κ2) is 9.62. The third-order valence-electron chi connectivity index (χ3n) is 4.95. The van der Waals surface area contributed by atoms with Crippen LogP contribution in [0.2, 0.25) is 0 Å². The zero-order chi connectivity index (χ0) is 19.9. The number of anilines is 1. The van der Waals surface area contributed by atoms with E-state index in [0.717, 1.165) is 62.0 Å². The molecule has 154 valence electrons. The van der Waals surface area contributed by atoms with Gasteiger partial charge in [-0.3, -0.25) is 4.90 Å². The lowest BCUT2D eigenvalue weighted by molar-refractivity contribution is 0.0342. The highest BCUT2D eigenvalue weighted by atomic mass is 16.5. The number of nitrogens with two attached hydrogens (primary N) is 1. The summed E-state index contributed by atoms with van der Waals surface area (Å²) in [6, 6.07) is 14.2. The molecule has 2 aromatic carbocycles. The van der Waals surface area contributed by atoms with Crippen molar-refractivity contribution in [2.75, 3.05) is 44.8 Å². The van der Waals surface area contributed by atoms with Gasteiger partial charge in [-0.1, -0.05) is 24.3 Å². The smallest absolute Gasteiger partial charge is 0.193 e. The van der Waals surface area contributed by atoms with E-state index in [-0.39, 0.29) is 0 Å². The van der Waals surface area contributed by atoms with E-state index in [9.17, 15) is 0 Å². The molecule has 2 heterocycles. The van der Waals surface area contributed by atoms with Crippen LogP contribution in [0.5, 0.6) is 11.5 Å². The minimum atomic E-state index is 0.373. The fourth-order valence-electron chi connectivity index (χ4n) is 3.45. The van der Waals surface area contributed by atoms with Crippen molar-refractivity contribution in [2.45, 2.75) is 19.5 Å². The van der Waals surface area contributed by atoms with E-state index in [1.54, 1.807) is 0 Å². The van der Waals surface area contributed by atoms with Crippen LogP contribution in [-0.2, 0) is 17.8 Å². The van der Waals surface area contributed by atoms with E-state index in [1.165, 1.54) is 5.56 Å². The minimum absolute atomic E-state index is 0.373. The molecule has 0 bridgehead atoms. The second-order valence-electron chi connectivity index (χ2n) is 7.25. The predicted octanol–water partition coefficient (Wildman–Crippen LogP) is 2.61. The van der Waals surface area contributed by atoms with Gasteiger partial charge in [0.05, 0.1) is 33.0 Å². The highest BCUT2D eigenvalue weighted by Crippen LogP contribution is 2.32. The van der Waals surface area contributed by atoms with Gasteiger partial charge in [-0.05, 0) is 23.3 Å². The van der Waals surface area contributed by atoms with Crippen molar-refractivity contribution in [1.82, 2.24) is 4.90 Å². The largest absolute Gasteiger partial charge is 0.490 e. The van der Waals surface area contributed by atoms with Gasteiger partial charge in [-0.2, -0.15) is 0 Å². The van der Waals surface area contributed by atoms with Crippen LogP contribution in [0.15, 0.2) is 47.5 Å². The molecule has 0 spiro atoms. The molecule has 0 aliphatic carbocycles. The first-order chi connectivity index (χ1) is 14.3. The van der Waals surface area contributed by atoms with E-state index in [4.69, 9.17) is 19.9 Å². The Morgan fingerprint density at radius 3 is 2.62 bits per heavy atom. The first-order valence-electron chi connectivity index (χ1n) is 10.1. The molecule has 2 aromatic rings. The molecule has 0 unspecified atom stereocenters. The lowest BCUT2D eigenvalue weighted by atomic mass is 10.1. The number of nitrogens with one attached hydrogen (secondary N) is 1. The summed E-state index contributed by atoms with van der Waals surface area (Å²) in [7, 11) is 0. The van der Waals surface area contributed by atoms with Crippen LogP contribution >= 0.6 is 0 Å². The number of morpholine rings is 1. The molecule has 1 fully saturated rings. The number of hydrogen-bond donors (Lipinski definition) is 2. The molecule has 0 radical (unpaired) electrons. The molecular weight excluding hydrogens is 368 g/mol. The highest BCUT2D eigenvalue weighted by molar-refractivity contribution is 5.92. The molecule has 0 aromatic heterocycles. The molecule has 29 heavy (non-hydrogen) atoms. The lowest BCUT2D eigenvalue weighted by Gasteiger charge is -2.26. The summed E-state index contributed by atoms with van der Waals surface area (Å²) < 4.78 is 16.8. The molecule has 2 aliphatic rings. The zero-order valence-corrected chi connectivity index (χ0v) is 16.6. The summed E-state index contributed by atoms with van der Waals surface area (Å²) in [5, 5.41) is 3.13. The number of fused-ring (bicyclic) bond motifs is 1. The Kier molecular flexibility index (Phi) is 6.49. The van der Waals surface area contributed by atoms with E-state index in [0.29, 0.717) is 25.7 Å². The van der Waals surface area contributed by atoms with Crippen molar-refractivity contribution in [3.63, 3.8) is 0 Å². The monoisotopic (exact) mass is 396 g/mol. The number of rotatable bonds is 5. The minimum Gasteiger partial charge on any atom is -0.490 e. The van der Waals surface area contributed by atoms with Crippen LogP contribution < -0.4 is 20.5 Å². The average Bonchev–Trinajstić information content (AvgIpc) is 2.98. The number of benzene rings is 2. The standard InChI is InChI=1S/C22H28N4O3/c23-22(25-19-5-6-20-21(14-19)29-10-2-9-28-20)24-15-17-3-1-4-18(13-17)16-26-7-11-27-12-8-26/h1,3-6,13-14H,2,7-12,15-16H2,(H3,23,24,25). The van der Waals surface area contributed by atoms with Gasteiger partial charge in [0, 0.05) is 37.8 Å². The summed E-state index contributed by atoms with van der Waals surface area (Å²) in [6.45, 7) is 6.38. The molecule has 4 rings (SSSR count). The van der Waals surface area contributed by atoms with Crippen molar-refractivity contribution >= 4 is 11.6 Å². The summed E-state index contributed by atoms with van der Waals surface area (Å²) in [4.78, 5) is 6.89. The fourth-order valence-corrected chi connectivity index (χ4v) is 3.45. The number of aliphatic imine (C=N–C) groups is 1. The molecule has 7 heteroatoms. The summed E-state index contributed by atoms with van der Waals surface area (Å²) in [6.07, 6.45) is 0.881. The van der Waals surface area contributed by atoms with Gasteiger partial charge in [0.1, 0.15) is 0 Å². The zero-order valence-electron chi connectivity index (χ0n) is 16.6. The molecular formula is C22H28N4O3.